The maximum absolute atomic E-state index is 15.0. The van der Waals surface area contributed by atoms with Crippen LogP contribution in [0.1, 0.15) is 32.3 Å². The summed E-state index contributed by atoms with van der Waals surface area (Å²) >= 11 is 0. The van der Waals surface area contributed by atoms with E-state index in [9.17, 15) is 9.59 Å². The summed E-state index contributed by atoms with van der Waals surface area (Å²) in [7, 11) is 0. The molecule has 9 heteroatoms. The van der Waals surface area contributed by atoms with Gasteiger partial charge in [-0.25, -0.2) is 13.9 Å². The van der Waals surface area contributed by atoms with Crippen LogP contribution in [0.5, 0.6) is 5.75 Å². The van der Waals surface area contributed by atoms with Gasteiger partial charge in [0.2, 0.25) is 11.6 Å². The van der Waals surface area contributed by atoms with Gasteiger partial charge in [0.1, 0.15) is 24.2 Å². The van der Waals surface area contributed by atoms with Crippen LogP contribution < -0.4 is 15.0 Å². The number of nitrogens with zero attached hydrogens (tertiary/aromatic N) is 4. The second-order valence-corrected chi connectivity index (χ2v) is 9.61. The summed E-state index contributed by atoms with van der Waals surface area (Å²) in [5.41, 5.74) is 2.46. The monoisotopic (exact) mass is 525 g/mol. The molecule has 5 rings (SSSR count). The van der Waals surface area contributed by atoms with Gasteiger partial charge in [-0.1, -0.05) is 50.6 Å². The first-order valence-electron chi connectivity index (χ1n) is 12.9. The molecule has 0 spiro atoms. The van der Waals surface area contributed by atoms with E-state index in [1.54, 1.807) is 48.7 Å². The predicted molar refractivity (Wildman–Crippen MR) is 146 cm³/mol. The molecule has 4 aromatic rings. The molecule has 8 nitrogen and oxygen atoms in total. The highest BCUT2D eigenvalue weighted by Crippen LogP contribution is 2.34. The zero-order valence-corrected chi connectivity index (χ0v) is 21.7. The lowest BCUT2D eigenvalue weighted by molar-refractivity contribution is -0.130. The molecule has 0 radical (unpaired) electrons. The molecular formula is C30H28FN5O3. The summed E-state index contributed by atoms with van der Waals surface area (Å²) in [6, 6.07) is 16.0. The average Bonchev–Trinajstić information content (AvgIpc) is 3.32. The molecular weight excluding hydrogens is 497 g/mol. The summed E-state index contributed by atoms with van der Waals surface area (Å²) < 4.78 is 22.5. The third-order valence-electron chi connectivity index (χ3n) is 6.91. The van der Waals surface area contributed by atoms with E-state index >= 15 is 4.39 Å². The maximum Gasteiger partial charge on any atom is 0.253 e. The standard InChI is InChI=1S/C30H28FN5O3/c1-4-9-19(2)29(37)34-24-18-39-28-13-8-7-12-26(28)35(30(24)38)17-20-14-21(31)15-27-22(20)16-33-36(27)25-11-6-5-10-23(25)32-3/h5-8,10-16,19,24H,4,9,17-18H2,1-2H3,(H,34,37)/t19-,24+/m1/s1. The minimum atomic E-state index is -0.901. The Morgan fingerprint density at radius 2 is 1.95 bits per heavy atom. The van der Waals surface area contributed by atoms with Crippen molar-refractivity contribution in [2.24, 2.45) is 5.92 Å². The van der Waals surface area contributed by atoms with Gasteiger partial charge in [-0.3, -0.25) is 9.59 Å². The normalized spacial score (nSPS) is 15.7. The number of rotatable bonds is 7. The Labute approximate surface area is 225 Å². The zero-order valence-electron chi connectivity index (χ0n) is 21.7. The third kappa shape index (κ3) is 5.06. The SMILES string of the molecule is [C-]#[N+]c1ccccc1-n1ncc2c(CN3C(=O)[C@@H](NC(=O)[C@H](C)CCC)COc4ccccc43)cc(F)cc21. The molecule has 3 aromatic carbocycles. The Bertz CT molecular complexity index is 1590. The largest absolute Gasteiger partial charge is 0.489 e. The van der Waals surface area contributed by atoms with E-state index in [1.807, 2.05) is 19.9 Å². The molecule has 2 amide bonds. The second kappa shape index (κ2) is 11.0. The van der Waals surface area contributed by atoms with Crippen LogP contribution in [0.15, 0.2) is 66.9 Å². The van der Waals surface area contributed by atoms with Crippen molar-refractivity contribution in [2.75, 3.05) is 11.5 Å². The van der Waals surface area contributed by atoms with Crippen molar-refractivity contribution in [3.63, 3.8) is 0 Å². The van der Waals surface area contributed by atoms with E-state index in [0.717, 1.165) is 6.42 Å². The van der Waals surface area contributed by atoms with Gasteiger partial charge in [0.25, 0.3) is 5.91 Å². The van der Waals surface area contributed by atoms with E-state index in [0.29, 0.717) is 45.7 Å². The molecule has 2 heterocycles. The molecule has 1 aromatic heterocycles. The molecule has 198 valence electrons. The Morgan fingerprint density at radius 1 is 1.21 bits per heavy atom. The summed E-state index contributed by atoms with van der Waals surface area (Å²) in [6.45, 7) is 11.4. The van der Waals surface area contributed by atoms with Crippen LogP contribution in [-0.2, 0) is 16.1 Å². The number of carbonyl (C=O) groups is 2. The van der Waals surface area contributed by atoms with Gasteiger partial charge < -0.3 is 15.0 Å². The summed E-state index contributed by atoms with van der Waals surface area (Å²) in [5, 5.41) is 7.96. The lowest BCUT2D eigenvalue weighted by Gasteiger charge is -2.26. The highest BCUT2D eigenvalue weighted by Gasteiger charge is 2.34. The molecule has 0 aliphatic carbocycles. The van der Waals surface area contributed by atoms with E-state index in [2.05, 4.69) is 15.3 Å². The maximum atomic E-state index is 15.0. The lowest BCUT2D eigenvalue weighted by atomic mass is 10.0. The van der Waals surface area contributed by atoms with E-state index in [1.165, 1.54) is 21.7 Å². The van der Waals surface area contributed by atoms with Crippen LogP contribution >= 0.6 is 0 Å². The number of hydrogen-bond acceptors (Lipinski definition) is 4. The van der Waals surface area contributed by atoms with Crippen molar-refractivity contribution in [3.05, 3.63) is 89.7 Å². The van der Waals surface area contributed by atoms with Gasteiger partial charge in [0, 0.05) is 17.4 Å². The number of halogens is 1. The molecule has 0 saturated heterocycles. The Kier molecular flexibility index (Phi) is 7.28. The van der Waals surface area contributed by atoms with Crippen molar-refractivity contribution < 1.29 is 18.7 Å². The summed E-state index contributed by atoms with van der Waals surface area (Å²) in [4.78, 5) is 31.7. The first kappa shape index (κ1) is 25.9. The minimum absolute atomic E-state index is 0.0131. The second-order valence-electron chi connectivity index (χ2n) is 9.61. The van der Waals surface area contributed by atoms with Gasteiger partial charge >= 0.3 is 0 Å². The highest BCUT2D eigenvalue weighted by atomic mass is 19.1. The van der Waals surface area contributed by atoms with Crippen LogP contribution in [0.2, 0.25) is 0 Å². The predicted octanol–water partition coefficient (Wildman–Crippen LogP) is 5.56. The zero-order chi connectivity index (χ0) is 27.5. The fourth-order valence-electron chi connectivity index (χ4n) is 4.89. The number of aromatic nitrogens is 2. The van der Waals surface area contributed by atoms with Gasteiger partial charge in [-0.05, 0) is 36.2 Å². The van der Waals surface area contributed by atoms with Crippen LogP contribution in [0.3, 0.4) is 0 Å². The van der Waals surface area contributed by atoms with Gasteiger partial charge in [-0.2, -0.15) is 5.10 Å². The number of benzene rings is 3. The first-order chi connectivity index (χ1) is 18.9. The molecule has 0 unspecified atom stereocenters. The number of nitrogens with one attached hydrogen (secondary N) is 1. The Balaban J connectivity index is 1.54. The van der Waals surface area contributed by atoms with Crippen molar-refractivity contribution >= 4 is 34.1 Å². The fraction of sp³-hybridized carbons (Fsp3) is 0.267. The molecule has 1 aliphatic heterocycles. The van der Waals surface area contributed by atoms with Crippen LogP contribution in [-0.4, -0.2) is 34.2 Å². The number of amides is 2. The molecule has 0 saturated carbocycles. The van der Waals surface area contributed by atoms with Gasteiger partial charge in [-0.15, -0.1) is 0 Å². The van der Waals surface area contributed by atoms with Crippen molar-refractivity contribution in [1.29, 1.82) is 0 Å². The Morgan fingerprint density at radius 3 is 2.72 bits per heavy atom. The average molecular weight is 526 g/mol. The number of hydrogen-bond donors (Lipinski definition) is 1. The van der Waals surface area contributed by atoms with Crippen LogP contribution in [0.25, 0.3) is 21.4 Å². The summed E-state index contributed by atoms with van der Waals surface area (Å²) in [5.74, 6) is -0.797. The Hall–Kier alpha value is -4.71. The molecule has 1 N–H and O–H groups in total. The third-order valence-corrected chi connectivity index (χ3v) is 6.91. The topological polar surface area (TPSA) is 80.8 Å². The number of anilines is 1. The molecule has 1 aliphatic rings. The molecule has 0 bridgehead atoms. The highest BCUT2D eigenvalue weighted by molar-refractivity contribution is 6.01. The first-order valence-corrected chi connectivity index (χ1v) is 12.9. The van der Waals surface area contributed by atoms with Gasteiger partial charge in [0.15, 0.2) is 0 Å². The van der Waals surface area contributed by atoms with Crippen molar-refractivity contribution in [1.82, 2.24) is 15.1 Å². The molecule has 0 fully saturated rings. The fourth-order valence-corrected chi connectivity index (χ4v) is 4.89. The quantitative estimate of drug-likeness (QED) is 0.320. The van der Waals surface area contributed by atoms with Crippen molar-refractivity contribution in [2.45, 2.75) is 39.3 Å². The molecule has 39 heavy (non-hydrogen) atoms. The number of fused-ring (bicyclic) bond motifs is 2. The van der Waals surface area contributed by atoms with Crippen LogP contribution in [0.4, 0.5) is 15.8 Å². The smallest absolute Gasteiger partial charge is 0.253 e. The minimum Gasteiger partial charge on any atom is -0.489 e. The number of para-hydroxylation sites is 4. The van der Waals surface area contributed by atoms with Gasteiger partial charge in [0.05, 0.1) is 36.2 Å². The van der Waals surface area contributed by atoms with E-state index in [4.69, 9.17) is 11.3 Å². The van der Waals surface area contributed by atoms with Crippen LogP contribution in [0, 0.1) is 18.3 Å². The number of ether oxygens (including phenoxy) is 1. The summed E-state index contributed by atoms with van der Waals surface area (Å²) in [6.07, 6.45) is 3.17. The van der Waals surface area contributed by atoms with E-state index in [-0.39, 0.29) is 30.9 Å². The number of carbonyl (C=O) groups excluding carboxylic acids is 2. The van der Waals surface area contributed by atoms with Crippen molar-refractivity contribution in [3.8, 4) is 11.4 Å². The van der Waals surface area contributed by atoms with E-state index < -0.39 is 11.9 Å². The lowest BCUT2D eigenvalue weighted by Crippen LogP contribution is -2.51. The molecule has 2 atom stereocenters.